The minimum absolute atomic E-state index is 0.765. The first-order valence-electron chi connectivity index (χ1n) is 15.3. The zero-order valence-corrected chi connectivity index (χ0v) is 27.5. The number of rotatable bonds is 2. The fraction of sp³-hybridized carbons (Fsp3) is 0. The van der Waals surface area contributed by atoms with Crippen molar-refractivity contribution in [3.05, 3.63) is 157 Å². The molecular weight excluding hydrogens is 693 g/mol. The summed E-state index contributed by atoms with van der Waals surface area (Å²) >= 11 is 1.06. The molecule has 0 saturated heterocycles. The summed E-state index contributed by atoms with van der Waals surface area (Å²) in [6.45, 7) is 0. The maximum absolute atomic E-state index is 5.47. The molecule has 1 aromatic heterocycles. The van der Waals surface area contributed by atoms with E-state index in [1.807, 2.05) is 11.3 Å². The van der Waals surface area contributed by atoms with Crippen molar-refractivity contribution in [2.24, 2.45) is 9.98 Å². The maximum atomic E-state index is 5.47. The van der Waals surface area contributed by atoms with Gasteiger partial charge in [-0.1, -0.05) is 127 Å². The minimum Gasteiger partial charge on any atom is -0.288 e. The lowest BCUT2D eigenvalue weighted by Gasteiger charge is -2.34. The van der Waals surface area contributed by atoms with Crippen LogP contribution in [0.5, 0.6) is 0 Å². The van der Waals surface area contributed by atoms with Crippen LogP contribution in [0.15, 0.2) is 156 Å². The van der Waals surface area contributed by atoms with E-state index in [-0.39, 0.29) is 0 Å². The zero-order valence-electron chi connectivity index (χ0n) is 24.5. The Morgan fingerprint density at radius 3 is 2.13 bits per heavy atom. The highest BCUT2D eigenvalue weighted by Crippen LogP contribution is 2.52. The van der Waals surface area contributed by atoms with Crippen molar-refractivity contribution in [1.82, 2.24) is 0 Å². The minimum atomic E-state index is -0.800. The summed E-state index contributed by atoms with van der Waals surface area (Å²) in [6, 6.07) is 52.5. The van der Waals surface area contributed by atoms with Gasteiger partial charge in [0, 0.05) is 47.6 Å². The third-order valence-electron chi connectivity index (χ3n) is 8.96. The molecule has 10 rings (SSSR count). The van der Waals surface area contributed by atoms with E-state index in [0.717, 1.165) is 18.9 Å². The largest absolute Gasteiger partial charge is 0.288 e. The lowest BCUT2D eigenvalue weighted by Crippen LogP contribution is -2.28. The maximum Gasteiger partial charge on any atom is 0.174 e. The summed E-state index contributed by atoms with van der Waals surface area (Å²) in [7, 11) is 0. The summed E-state index contributed by atoms with van der Waals surface area (Å²) in [4.78, 5) is 13.3. The van der Waals surface area contributed by atoms with Gasteiger partial charge in [0.25, 0.3) is 0 Å². The Bertz CT molecular complexity index is 2640. The number of fused-ring (bicyclic) bond motifs is 7. The second-order valence-electron chi connectivity index (χ2n) is 11.5. The highest BCUT2D eigenvalue weighted by Gasteiger charge is 2.31. The van der Waals surface area contributed by atoms with Crippen LogP contribution < -0.4 is 4.90 Å². The van der Waals surface area contributed by atoms with Crippen LogP contribution in [0.3, 0.4) is 0 Å². The van der Waals surface area contributed by atoms with Crippen LogP contribution in [0.2, 0.25) is 0 Å². The number of benzene rings is 7. The second kappa shape index (κ2) is 10.3. The third kappa shape index (κ3) is 3.92. The number of nitrogens with zero attached hydrogens (tertiary/aromatic N) is 3. The van der Waals surface area contributed by atoms with E-state index in [0.29, 0.717) is 0 Å². The normalized spacial score (nSPS) is 14.2. The summed E-state index contributed by atoms with van der Waals surface area (Å²) in [5.41, 5.74) is 7.15. The molecule has 7 aromatic carbocycles. The van der Waals surface area contributed by atoms with Crippen molar-refractivity contribution in [2.45, 2.75) is 0 Å². The van der Waals surface area contributed by atoms with Crippen molar-refractivity contribution < 1.29 is 0 Å². The van der Waals surface area contributed by atoms with E-state index >= 15 is 0 Å². The molecule has 0 N–H and O–H groups in total. The van der Waals surface area contributed by atoms with E-state index < -0.39 is 20.7 Å². The van der Waals surface area contributed by atoms with Crippen LogP contribution in [-0.2, 0) is 0 Å². The Kier molecular flexibility index (Phi) is 5.86. The Hall–Kier alpha value is -4.98. The van der Waals surface area contributed by atoms with Crippen LogP contribution >= 0.6 is 32.1 Å². The van der Waals surface area contributed by atoms with Crippen LogP contribution in [-0.4, -0.2) is 13.3 Å². The first kappa shape index (κ1) is 26.3. The van der Waals surface area contributed by atoms with Gasteiger partial charge >= 0.3 is 0 Å². The van der Waals surface area contributed by atoms with Crippen LogP contribution in [0.1, 0.15) is 11.1 Å². The summed E-state index contributed by atoms with van der Waals surface area (Å²) in [6.07, 6.45) is 0. The fourth-order valence-corrected chi connectivity index (χ4v) is 10.7. The van der Waals surface area contributed by atoms with Crippen molar-refractivity contribution in [1.29, 1.82) is 0 Å². The number of aliphatic imine (C=N–C) groups is 2. The van der Waals surface area contributed by atoms with Crippen molar-refractivity contribution >= 4 is 98.5 Å². The zero-order chi connectivity index (χ0) is 30.2. The molecule has 3 nitrogen and oxygen atoms in total. The predicted molar refractivity (Wildman–Crippen MR) is 207 cm³/mol. The summed E-state index contributed by atoms with van der Waals surface area (Å²) in [5.74, 6) is 0.765. The first-order chi connectivity index (χ1) is 22.8. The Labute approximate surface area is 279 Å². The average Bonchev–Trinajstić information content (AvgIpc) is 3.51. The lowest BCUT2D eigenvalue weighted by atomic mass is 9.89. The lowest BCUT2D eigenvalue weighted by molar-refractivity contribution is 1.37. The van der Waals surface area contributed by atoms with Gasteiger partial charge < -0.3 is 0 Å². The van der Waals surface area contributed by atoms with Crippen LogP contribution in [0, 0.1) is 0 Å². The van der Waals surface area contributed by atoms with Crippen molar-refractivity contribution in [3.8, 4) is 11.1 Å². The van der Waals surface area contributed by atoms with Gasteiger partial charge in [0.2, 0.25) is 0 Å². The molecule has 0 unspecified atom stereocenters. The molecule has 3 heterocycles. The van der Waals surface area contributed by atoms with Gasteiger partial charge in [-0.2, -0.15) is 0 Å². The molecule has 0 aliphatic carbocycles. The smallest absolute Gasteiger partial charge is 0.174 e. The summed E-state index contributed by atoms with van der Waals surface area (Å²) < 4.78 is 4.83. The second-order valence-corrected chi connectivity index (χ2v) is 15.2. The first-order valence-corrected chi connectivity index (χ1v) is 18.3. The number of halogens is 1. The van der Waals surface area contributed by atoms with E-state index in [2.05, 4.69) is 150 Å². The van der Waals surface area contributed by atoms with Crippen molar-refractivity contribution in [3.63, 3.8) is 0 Å². The SMILES string of the molecule is c1ccc(C2=NC(c3cccc4sc5ccccc5c34)=IC(N3c4c(ccc5ccccc45)-c4cccc5cccc3c45)=N2)cc1. The highest BCUT2D eigenvalue weighted by molar-refractivity contribution is 14.2. The average molecular weight is 718 g/mol. The molecular formula is C41H24IN3S. The Morgan fingerprint density at radius 1 is 0.500 bits per heavy atom. The molecule has 0 atom stereocenters. The quantitative estimate of drug-likeness (QED) is 0.129. The molecule has 0 radical (unpaired) electrons. The molecule has 0 amide bonds. The summed E-state index contributed by atoms with van der Waals surface area (Å²) in [5, 5.41) is 7.56. The molecule has 216 valence electrons. The molecule has 46 heavy (non-hydrogen) atoms. The number of hydrogen-bond acceptors (Lipinski definition) is 4. The monoisotopic (exact) mass is 717 g/mol. The van der Waals surface area contributed by atoms with Gasteiger partial charge in [0.05, 0.1) is 11.4 Å². The van der Waals surface area contributed by atoms with E-state index in [1.165, 1.54) is 69.8 Å². The number of amidine groups is 2. The van der Waals surface area contributed by atoms with Crippen LogP contribution in [0.25, 0.3) is 52.8 Å². The fourth-order valence-electron chi connectivity index (χ4n) is 6.95. The standard InChI is InChI=1S/C41H24IN3S/c1-2-12-27(13-3-1)40-43-39(32-19-10-22-35-37(32)31-17-6-7-21-34(31)46-35)42-41(44-40)45-33-20-9-15-26-14-8-18-29(36(26)33)30-24-23-25-11-4-5-16-28(25)38(30)45/h1-24H. The van der Waals surface area contributed by atoms with E-state index in [1.54, 1.807) is 0 Å². The Balaban J connectivity index is 1.30. The molecule has 5 heteroatoms. The van der Waals surface area contributed by atoms with Gasteiger partial charge in [-0.05, 0) is 55.3 Å². The molecule has 0 bridgehead atoms. The van der Waals surface area contributed by atoms with Gasteiger partial charge in [-0.3, -0.25) is 4.90 Å². The Morgan fingerprint density at radius 2 is 1.22 bits per heavy atom. The molecule has 0 saturated carbocycles. The number of anilines is 2. The van der Waals surface area contributed by atoms with Crippen LogP contribution in [0.4, 0.5) is 11.4 Å². The molecule has 2 aliphatic rings. The molecule has 0 spiro atoms. The van der Waals surface area contributed by atoms with Crippen molar-refractivity contribution in [2.75, 3.05) is 4.90 Å². The van der Waals surface area contributed by atoms with Gasteiger partial charge in [0.1, 0.15) is 3.63 Å². The predicted octanol–water partition coefficient (Wildman–Crippen LogP) is 11.4. The highest BCUT2D eigenvalue weighted by atomic mass is 127. The molecule has 8 aromatic rings. The molecule has 2 aliphatic heterocycles. The topological polar surface area (TPSA) is 28.0 Å². The van der Waals surface area contributed by atoms with Gasteiger partial charge in [0.15, 0.2) is 9.68 Å². The number of hydrogen-bond donors (Lipinski definition) is 0. The van der Waals surface area contributed by atoms with Gasteiger partial charge in [-0.15, -0.1) is 11.3 Å². The van der Waals surface area contributed by atoms with Gasteiger partial charge in [-0.25, -0.2) is 9.98 Å². The van der Waals surface area contributed by atoms with E-state index in [9.17, 15) is 0 Å². The third-order valence-corrected chi connectivity index (χ3v) is 12.6. The molecule has 0 fully saturated rings. The van der Waals surface area contributed by atoms with E-state index in [4.69, 9.17) is 9.98 Å². The number of thiophene rings is 1.